The first-order valence-corrected chi connectivity index (χ1v) is 7.23. The minimum Gasteiger partial charge on any atom is -0.481 e. The smallest absolute Gasteiger partial charge is 0.311 e. The summed E-state index contributed by atoms with van der Waals surface area (Å²) in [4.78, 5) is 22.6. The molecule has 0 aliphatic carbocycles. The fraction of sp³-hybridized carbons (Fsp3) is 0.438. The lowest BCUT2D eigenvalue weighted by molar-refractivity contribution is -0.150. The predicted molar refractivity (Wildman–Crippen MR) is 81.3 cm³/mol. The molecule has 5 nitrogen and oxygen atoms in total. The van der Waals surface area contributed by atoms with Crippen molar-refractivity contribution in [3.05, 3.63) is 30.5 Å². The molecule has 1 unspecified atom stereocenters. The maximum Gasteiger partial charge on any atom is 0.311 e. The van der Waals surface area contributed by atoms with Crippen molar-refractivity contribution in [2.24, 2.45) is 11.3 Å². The van der Waals surface area contributed by atoms with Crippen LogP contribution in [-0.4, -0.2) is 34.1 Å². The Morgan fingerprint density at radius 1 is 1.38 bits per heavy atom. The van der Waals surface area contributed by atoms with Crippen molar-refractivity contribution in [1.82, 2.24) is 9.97 Å². The van der Waals surface area contributed by atoms with Gasteiger partial charge in [-0.05, 0) is 18.4 Å². The van der Waals surface area contributed by atoms with Crippen LogP contribution in [0.5, 0.6) is 0 Å². The lowest BCUT2D eigenvalue weighted by Gasteiger charge is -2.28. The molecule has 1 saturated heterocycles. The van der Waals surface area contributed by atoms with Gasteiger partial charge in [-0.1, -0.05) is 32.0 Å². The fourth-order valence-electron chi connectivity index (χ4n) is 3.01. The molecule has 1 atom stereocenters. The lowest BCUT2D eigenvalue weighted by atomic mass is 9.76. The zero-order valence-electron chi connectivity index (χ0n) is 12.3. The zero-order chi connectivity index (χ0) is 15.0. The summed E-state index contributed by atoms with van der Waals surface area (Å²) in [6, 6.07) is 7.82. The summed E-state index contributed by atoms with van der Waals surface area (Å²) in [7, 11) is 0. The van der Waals surface area contributed by atoms with Crippen LogP contribution in [0, 0.1) is 11.3 Å². The highest BCUT2D eigenvalue weighted by Crippen LogP contribution is 2.39. The summed E-state index contributed by atoms with van der Waals surface area (Å²) in [6.45, 7) is 5.10. The van der Waals surface area contributed by atoms with Crippen LogP contribution in [-0.2, 0) is 4.79 Å². The highest BCUT2D eigenvalue weighted by atomic mass is 16.4. The second-order valence-corrected chi connectivity index (χ2v) is 6.02. The van der Waals surface area contributed by atoms with Gasteiger partial charge in [0.15, 0.2) is 0 Å². The second kappa shape index (κ2) is 4.98. The number of carbonyl (C=O) groups is 1. The van der Waals surface area contributed by atoms with E-state index in [4.69, 9.17) is 0 Å². The Morgan fingerprint density at radius 3 is 2.81 bits per heavy atom. The number of fused-ring (bicyclic) bond motifs is 1. The summed E-state index contributed by atoms with van der Waals surface area (Å²) in [5.41, 5.74) is 0.189. The average molecular weight is 285 g/mol. The van der Waals surface area contributed by atoms with Crippen molar-refractivity contribution >= 4 is 22.8 Å². The van der Waals surface area contributed by atoms with Gasteiger partial charge in [0, 0.05) is 24.7 Å². The quantitative estimate of drug-likeness (QED) is 0.938. The molecule has 1 aliphatic rings. The normalized spacial score (nSPS) is 22.1. The number of carboxylic acids is 1. The number of hydrogen-bond acceptors (Lipinski definition) is 4. The minimum absolute atomic E-state index is 0.0838. The van der Waals surface area contributed by atoms with E-state index in [1.54, 1.807) is 6.20 Å². The predicted octanol–water partition coefficient (Wildman–Crippen LogP) is 2.57. The molecule has 1 N–H and O–H groups in total. The van der Waals surface area contributed by atoms with Crippen LogP contribution in [0.1, 0.15) is 20.3 Å². The third-order valence-electron chi connectivity index (χ3n) is 4.59. The summed E-state index contributed by atoms with van der Waals surface area (Å²) >= 11 is 0. The molecule has 110 valence electrons. The molecule has 1 aromatic carbocycles. The van der Waals surface area contributed by atoms with E-state index < -0.39 is 11.4 Å². The molecule has 5 heteroatoms. The van der Waals surface area contributed by atoms with Gasteiger partial charge in [-0.15, -0.1) is 0 Å². The Labute approximate surface area is 123 Å². The average Bonchev–Trinajstić information content (AvgIpc) is 2.93. The molecule has 0 spiro atoms. The van der Waals surface area contributed by atoms with E-state index in [-0.39, 0.29) is 5.92 Å². The van der Waals surface area contributed by atoms with E-state index in [1.807, 2.05) is 43.0 Å². The van der Waals surface area contributed by atoms with Gasteiger partial charge in [0.25, 0.3) is 0 Å². The molecule has 0 amide bonds. The Kier molecular flexibility index (Phi) is 3.27. The number of rotatable bonds is 3. The monoisotopic (exact) mass is 285 g/mol. The molecular weight excluding hydrogens is 266 g/mol. The van der Waals surface area contributed by atoms with Crippen LogP contribution in [0.2, 0.25) is 0 Å². The molecule has 21 heavy (non-hydrogen) atoms. The molecule has 2 aromatic rings. The summed E-state index contributed by atoms with van der Waals surface area (Å²) < 4.78 is 0. The van der Waals surface area contributed by atoms with Crippen molar-refractivity contribution in [3.63, 3.8) is 0 Å². The van der Waals surface area contributed by atoms with Crippen molar-refractivity contribution in [3.8, 4) is 0 Å². The number of aromatic nitrogens is 2. The van der Waals surface area contributed by atoms with Gasteiger partial charge in [0.1, 0.15) is 0 Å². The molecule has 1 aliphatic heterocycles. The van der Waals surface area contributed by atoms with Crippen molar-refractivity contribution in [2.45, 2.75) is 20.3 Å². The first-order chi connectivity index (χ1) is 10.0. The van der Waals surface area contributed by atoms with E-state index in [0.29, 0.717) is 25.5 Å². The van der Waals surface area contributed by atoms with Gasteiger partial charge in [-0.25, -0.2) is 9.97 Å². The Hall–Kier alpha value is -2.17. The molecule has 1 fully saturated rings. The highest BCUT2D eigenvalue weighted by molar-refractivity contribution is 5.79. The lowest BCUT2D eigenvalue weighted by Crippen LogP contribution is -2.39. The maximum atomic E-state index is 11.7. The van der Waals surface area contributed by atoms with Gasteiger partial charge in [0.05, 0.1) is 10.9 Å². The maximum absolute atomic E-state index is 11.7. The van der Waals surface area contributed by atoms with Crippen LogP contribution in [0.4, 0.5) is 5.95 Å². The molecule has 1 aromatic heterocycles. The van der Waals surface area contributed by atoms with E-state index in [2.05, 4.69) is 9.97 Å². The summed E-state index contributed by atoms with van der Waals surface area (Å²) in [6.07, 6.45) is 2.43. The number of nitrogens with zero attached hydrogens (tertiary/aromatic N) is 3. The number of para-hydroxylation sites is 1. The molecule has 0 saturated carbocycles. The third kappa shape index (κ3) is 2.22. The van der Waals surface area contributed by atoms with E-state index in [1.165, 1.54) is 0 Å². The Balaban J connectivity index is 1.92. The van der Waals surface area contributed by atoms with Gasteiger partial charge >= 0.3 is 5.97 Å². The molecule has 3 rings (SSSR count). The number of hydrogen-bond donors (Lipinski definition) is 1. The fourth-order valence-corrected chi connectivity index (χ4v) is 3.01. The molecule has 0 radical (unpaired) electrons. The minimum atomic E-state index is -0.721. The SMILES string of the molecule is CC(C)C1(C(=O)O)CCN(c2ncc3ccccc3n2)C1. The summed E-state index contributed by atoms with van der Waals surface area (Å²) in [5, 5.41) is 10.6. The van der Waals surface area contributed by atoms with Crippen molar-refractivity contribution < 1.29 is 9.90 Å². The first-order valence-electron chi connectivity index (χ1n) is 7.23. The van der Waals surface area contributed by atoms with Gasteiger partial charge in [-0.3, -0.25) is 4.79 Å². The number of anilines is 1. The van der Waals surface area contributed by atoms with Crippen LogP contribution < -0.4 is 4.90 Å². The van der Waals surface area contributed by atoms with Gasteiger partial charge in [-0.2, -0.15) is 0 Å². The van der Waals surface area contributed by atoms with E-state index in [0.717, 1.165) is 10.9 Å². The van der Waals surface area contributed by atoms with Crippen LogP contribution in [0.25, 0.3) is 10.9 Å². The molecule has 2 heterocycles. The van der Waals surface area contributed by atoms with E-state index in [9.17, 15) is 9.90 Å². The molecule has 0 bridgehead atoms. The first kappa shape index (κ1) is 13.8. The van der Waals surface area contributed by atoms with Gasteiger partial charge < -0.3 is 10.0 Å². The number of carboxylic acid groups (broad SMARTS) is 1. The zero-order valence-corrected chi connectivity index (χ0v) is 12.3. The molecular formula is C16H19N3O2. The van der Waals surface area contributed by atoms with E-state index >= 15 is 0 Å². The van der Waals surface area contributed by atoms with Crippen molar-refractivity contribution in [2.75, 3.05) is 18.0 Å². The highest BCUT2D eigenvalue weighted by Gasteiger charge is 2.47. The van der Waals surface area contributed by atoms with Crippen LogP contribution in [0.15, 0.2) is 30.5 Å². The van der Waals surface area contributed by atoms with Gasteiger partial charge in [0.2, 0.25) is 5.95 Å². The Morgan fingerprint density at radius 2 is 2.14 bits per heavy atom. The standard InChI is InChI=1S/C16H19N3O2/c1-11(2)16(14(20)21)7-8-19(10-16)15-17-9-12-5-3-4-6-13(12)18-15/h3-6,9,11H,7-8,10H2,1-2H3,(H,20,21). The third-order valence-corrected chi connectivity index (χ3v) is 4.59. The Bertz CT molecular complexity index is 686. The second-order valence-electron chi connectivity index (χ2n) is 6.02. The summed E-state index contributed by atoms with van der Waals surface area (Å²) in [5.74, 6) is -0.0151. The van der Waals surface area contributed by atoms with Crippen molar-refractivity contribution in [1.29, 1.82) is 0 Å². The largest absolute Gasteiger partial charge is 0.481 e. The number of benzene rings is 1. The van der Waals surface area contributed by atoms with Crippen LogP contribution in [0.3, 0.4) is 0 Å². The van der Waals surface area contributed by atoms with Crippen LogP contribution >= 0.6 is 0 Å². The number of aliphatic carboxylic acids is 1. The topological polar surface area (TPSA) is 66.3 Å².